The lowest BCUT2D eigenvalue weighted by atomic mass is 10.2. The minimum atomic E-state index is -0.382. The van der Waals surface area contributed by atoms with Gasteiger partial charge in [-0.05, 0) is 11.6 Å². The first-order valence-electron chi connectivity index (χ1n) is 9.21. The summed E-state index contributed by atoms with van der Waals surface area (Å²) in [6, 6.07) is 11.9. The van der Waals surface area contributed by atoms with E-state index in [1.807, 2.05) is 23.1 Å². The summed E-state index contributed by atoms with van der Waals surface area (Å²) < 4.78 is 2.50. The average molecular weight is 398 g/mol. The van der Waals surface area contributed by atoms with Crippen molar-refractivity contribution in [3.63, 3.8) is 0 Å². The van der Waals surface area contributed by atoms with Crippen molar-refractivity contribution in [1.29, 1.82) is 0 Å². The van der Waals surface area contributed by atoms with Gasteiger partial charge in [-0.25, -0.2) is 4.79 Å². The molecule has 1 saturated heterocycles. The highest BCUT2D eigenvalue weighted by molar-refractivity contribution is 7.20. The van der Waals surface area contributed by atoms with Crippen molar-refractivity contribution >= 4 is 27.5 Å². The van der Waals surface area contributed by atoms with E-state index in [1.165, 1.54) is 28.5 Å². The van der Waals surface area contributed by atoms with Gasteiger partial charge in [-0.2, -0.15) is 0 Å². The highest BCUT2D eigenvalue weighted by atomic mass is 32.1. The molecule has 1 aromatic carbocycles. The number of aryl methyl sites for hydroxylation is 1. The Labute approximate surface area is 166 Å². The summed E-state index contributed by atoms with van der Waals surface area (Å²) in [4.78, 5) is 42.6. The summed E-state index contributed by atoms with van der Waals surface area (Å²) in [5, 5.41) is 0.417. The normalized spacial score (nSPS) is 15.3. The van der Waals surface area contributed by atoms with Crippen molar-refractivity contribution in [2.75, 3.05) is 26.2 Å². The molecule has 146 valence electrons. The van der Waals surface area contributed by atoms with Crippen LogP contribution >= 0.6 is 11.3 Å². The zero-order valence-corrected chi connectivity index (χ0v) is 16.7. The Morgan fingerprint density at radius 1 is 1.00 bits per heavy atom. The molecule has 0 saturated carbocycles. The first-order chi connectivity index (χ1) is 13.5. The van der Waals surface area contributed by atoms with Gasteiger partial charge in [0.2, 0.25) is 0 Å². The monoisotopic (exact) mass is 398 g/mol. The Morgan fingerprint density at radius 3 is 2.36 bits per heavy atom. The van der Waals surface area contributed by atoms with Gasteiger partial charge in [0.15, 0.2) is 0 Å². The van der Waals surface area contributed by atoms with Gasteiger partial charge in [0.25, 0.3) is 11.5 Å². The van der Waals surface area contributed by atoms with E-state index < -0.39 is 0 Å². The van der Waals surface area contributed by atoms with Crippen LogP contribution in [0.3, 0.4) is 0 Å². The number of benzene rings is 1. The SMILES string of the molecule is Cn1c(=O)c2cc(C(=O)N3CCN(Cc4ccccc4)CC3)sc2n(C)c1=O. The molecular weight excluding hydrogens is 376 g/mol. The average Bonchev–Trinajstić information content (AvgIpc) is 3.17. The first kappa shape index (κ1) is 18.6. The number of fused-ring (bicyclic) bond motifs is 1. The van der Waals surface area contributed by atoms with E-state index in [4.69, 9.17) is 0 Å². The van der Waals surface area contributed by atoms with Crippen LogP contribution in [-0.4, -0.2) is 51.0 Å². The number of hydrogen-bond acceptors (Lipinski definition) is 5. The van der Waals surface area contributed by atoms with E-state index in [0.717, 1.165) is 24.2 Å². The van der Waals surface area contributed by atoms with Crippen LogP contribution in [0.4, 0.5) is 0 Å². The number of carbonyl (C=O) groups excluding carboxylic acids is 1. The Morgan fingerprint density at radius 2 is 1.68 bits per heavy atom. The molecule has 0 atom stereocenters. The Balaban J connectivity index is 1.50. The van der Waals surface area contributed by atoms with Gasteiger partial charge in [0.1, 0.15) is 4.83 Å². The molecule has 1 aliphatic rings. The third-order valence-electron chi connectivity index (χ3n) is 5.25. The molecule has 0 unspecified atom stereocenters. The summed E-state index contributed by atoms with van der Waals surface area (Å²) >= 11 is 1.21. The second-order valence-electron chi connectivity index (χ2n) is 7.09. The maximum atomic E-state index is 12.9. The number of piperazine rings is 1. The van der Waals surface area contributed by atoms with Crippen LogP contribution in [0.15, 0.2) is 46.0 Å². The van der Waals surface area contributed by atoms with E-state index in [1.54, 1.807) is 13.1 Å². The fraction of sp³-hybridized carbons (Fsp3) is 0.350. The van der Waals surface area contributed by atoms with E-state index >= 15 is 0 Å². The van der Waals surface area contributed by atoms with Crippen LogP contribution < -0.4 is 11.2 Å². The molecule has 0 radical (unpaired) electrons. The molecule has 2 aromatic heterocycles. The Hall–Kier alpha value is -2.71. The molecule has 1 aliphatic heterocycles. The second-order valence-corrected chi connectivity index (χ2v) is 8.12. The van der Waals surface area contributed by atoms with Gasteiger partial charge in [-0.1, -0.05) is 30.3 Å². The fourth-order valence-corrected chi connectivity index (χ4v) is 4.65. The highest BCUT2D eigenvalue weighted by Crippen LogP contribution is 2.23. The summed E-state index contributed by atoms with van der Waals surface area (Å²) in [6.07, 6.45) is 0. The van der Waals surface area contributed by atoms with Crippen LogP contribution in [-0.2, 0) is 20.6 Å². The number of carbonyl (C=O) groups is 1. The van der Waals surface area contributed by atoms with Crippen molar-refractivity contribution < 1.29 is 4.79 Å². The quantitative estimate of drug-likeness (QED) is 0.666. The van der Waals surface area contributed by atoms with E-state index in [-0.39, 0.29) is 17.2 Å². The fourth-order valence-electron chi connectivity index (χ4n) is 3.58. The van der Waals surface area contributed by atoms with Crippen LogP contribution in [0, 0.1) is 0 Å². The maximum absolute atomic E-state index is 12.9. The number of thiophene rings is 1. The lowest BCUT2D eigenvalue weighted by Gasteiger charge is -2.34. The predicted molar refractivity (Wildman–Crippen MR) is 110 cm³/mol. The molecule has 0 spiro atoms. The van der Waals surface area contributed by atoms with Crippen LogP contribution in [0.2, 0.25) is 0 Å². The van der Waals surface area contributed by atoms with E-state index in [0.29, 0.717) is 28.2 Å². The number of rotatable bonds is 3. The Kier molecular flexibility index (Phi) is 4.91. The lowest BCUT2D eigenvalue weighted by molar-refractivity contribution is 0.0633. The Bertz CT molecular complexity index is 1140. The molecule has 3 heterocycles. The topological polar surface area (TPSA) is 67.6 Å². The number of aromatic nitrogens is 2. The van der Waals surface area contributed by atoms with E-state index in [2.05, 4.69) is 17.0 Å². The van der Waals surface area contributed by atoms with Gasteiger partial charge >= 0.3 is 5.69 Å². The molecule has 8 heteroatoms. The van der Waals surface area contributed by atoms with Gasteiger partial charge in [-0.15, -0.1) is 11.3 Å². The standard InChI is InChI=1S/C20H22N4O3S/c1-21-17(25)15-12-16(28-19(15)22(2)20(21)27)18(26)24-10-8-23(9-11-24)13-14-6-4-3-5-7-14/h3-7,12H,8-11,13H2,1-2H3. The minimum absolute atomic E-state index is 0.0740. The van der Waals surface area contributed by atoms with Crippen LogP contribution in [0.1, 0.15) is 15.2 Å². The number of nitrogens with zero attached hydrogens (tertiary/aromatic N) is 4. The van der Waals surface area contributed by atoms with Crippen molar-refractivity contribution in [3.05, 3.63) is 67.7 Å². The molecule has 7 nitrogen and oxygen atoms in total. The predicted octanol–water partition coefficient (Wildman–Crippen LogP) is 1.26. The molecule has 1 fully saturated rings. The summed E-state index contributed by atoms with van der Waals surface area (Å²) in [5.41, 5.74) is 0.525. The maximum Gasteiger partial charge on any atom is 0.331 e. The number of amides is 1. The molecule has 4 rings (SSSR count). The zero-order chi connectivity index (χ0) is 19.8. The van der Waals surface area contributed by atoms with Gasteiger partial charge in [0.05, 0.1) is 10.3 Å². The molecule has 0 aliphatic carbocycles. The summed E-state index contributed by atoms with van der Waals surface area (Å²) in [7, 11) is 3.08. The van der Waals surface area contributed by atoms with Crippen molar-refractivity contribution in [2.24, 2.45) is 14.1 Å². The minimum Gasteiger partial charge on any atom is -0.335 e. The third kappa shape index (κ3) is 3.29. The first-order valence-corrected chi connectivity index (χ1v) is 10.0. The van der Waals surface area contributed by atoms with Gasteiger partial charge in [-0.3, -0.25) is 23.6 Å². The lowest BCUT2D eigenvalue weighted by Crippen LogP contribution is -2.48. The van der Waals surface area contributed by atoms with Gasteiger partial charge in [0, 0.05) is 46.8 Å². The third-order valence-corrected chi connectivity index (χ3v) is 6.44. The summed E-state index contributed by atoms with van der Waals surface area (Å²) in [5.74, 6) is -0.0740. The molecule has 0 bridgehead atoms. The largest absolute Gasteiger partial charge is 0.335 e. The second kappa shape index (κ2) is 7.37. The molecule has 28 heavy (non-hydrogen) atoms. The smallest absolute Gasteiger partial charge is 0.331 e. The zero-order valence-electron chi connectivity index (χ0n) is 15.9. The van der Waals surface area contributed by atoms with Crippen LogP contribution in [0.25, 0.3) is 10.2 Å². The molecule has 3 aromatic rings. The van der Waals surface area contributed by atoms with Gasteiger partial charge < -0.3 is 4.90 Å². The van der Waals surface area contributed by atoms with Crippen LogP contribution in [0.5, 0.6) is 0 Å². The van der Waals surface area contributed by atoms with E-state index in [9.17, 15) is 14.4 Å². The van der Waals surface area contributed by atoms with Crippen molar-refractivity contribution in [3.8, 4) is 0 Å². The highest BCUT2D eigenvalue weighted by Gasteiger charge is 2.24. The molecule has 0 N–H and O–H groups in total. The number of hydrogen-bond donors (Lipinski definition) is 0. The van der Waals surface area contributed by atoms with Crippen molar-refractivity contribution in [1.82, 2.24) is 18.9 Å². The van der Waals surface area contributed by atoms with Crippen molar-refractivity contribution in [2.45, 2.75) is 6.54 Å². The molecular formula is C20H22N4O3S. The summed E-state index contributed by atoms with van der Waals surface area (Å²) in [6.45, 7) is 3.80. The molecule has 1 amide bonds.